The number of carbonyl (C=O) groups excluding carboxylic acids is 1. The van der Waals surface area contributed by atoms with E-state index < -0.39 is 5.97 Å². The highest BCUT2D eigenvalue weighted by Crippen LogP contribution is 2.22. The van der Waals surface area contributed by atoms with E-state index in [0.717, 1.165) is 0 Å². The smallest absolute Gasteiger partial charge is 0.358 e. The molecule has 0 amide bonds. The Morgan fingerprint density at radius 3 is 2.89 bits per heavy atom. The number of pyridine rings is 1. The van der Waals surface area contributed by atoms with E-state index in [0.29, 0.717) is 16.8 Å². The lowest BCUT2D eigenvalue weighted by Gasteiger charge is -2.06. The zero-order valence-electron chi connectivity index (χ0n) is 9.33. The van der Waals surface area contributed by atoms with Gasteiger partial charge in [-0.25, -0.2) is 4.79 Å². The van der Waals surface area contributed by atoms with Crippen molar-refractivity contribution >= 4 is 5.97 Å². The molecular weight excluding hydrogens is 230 g/mol. The van der Waals surface area contributed by atoms with Crippen molar-refractivity contribution in [3.8, 4) is 17.3 Å². The van der Waals surface area contributed by atoms with Gasteiger partial charge in [-0.3, -0.25) is 4.98 Å². The maximum absolute atomic E-state index is 11.5. The Morgan fingerprint density at radius 2 is 2.17 bits per heavy atom. The third-order valence-electron chi connectivity index (χ3n) is 2.40. The lowest BCUT2D eigenvalue weighted by molar-refractivity contribution is 0.0504. The first-order valence-corrected chi connectivity index (χ1v) is 5.13. The minimum Gasteiger partial charge on any atom is -0.370 e. The molecule has 0 bridgehead atoms. The molecule has 0 saturated carbocycles. The van der Waals surface area contributed by atoms with Gasteiger partial charge in [0.15, 0.2) is 0 Å². The summed E-state index contributed by atoms with van der Waals surface area (Å²) in [6, 6.07) is 12.0. The summed E-state index contributed by atoms with van der Waals surface area (Å²) in [4.78, 5) is 19.8. The lowest BCUT2D eigenvalue weighted by Crippen LogP contribution is -2.11. The number of carbonyl (C=O) groups is 1. The fourth-order valence-corrected chi connectivity index (χ4v) is 1.60. The molecule has 0 radical (unpaired) electrons. The average Bonchev–Trinajstić information content (AvgIpc) is 2.46. The number of rotatable bonds is 2. The second-order valence-electron chi connectivity index (χ2n) is 3.50. The van der Waals surface area contributed by atoms with Crippen LogP contribution >= 0.6 is 0 Å². The molecule has 0 aliphatic heterocycles. The molecule has 2 rings (SSSR count). The van der Waals surface area contributed by atoms with Crippen molar-refractivity contribution in [1.29, 1.82) is 5.26 Å². The molecule has 88 valence electrons. The van der Waals surface area contributed by atoms with Crippen LogP contribution in [0.15, 0.2) is 42.6 Å². The number of benzene rings is 1. The van der Waals surface area contributed by atoms with Gasteiger partial charge in [0.05, 0.1) is 22.9 Å². The normalized spacial score (nSPS) is 9.56. The minimum atomic E-state index is -0.666. The van der Waals surface area contributed by atoms with E-state index in [2.05, 4.69) is 9.82 Å². The molecular formula is C13H9N3O2. The van der Waals surface area contributed by atoms with Crippen LogP contribution < -0.4 is 5.90 Å². The number of aromatic nitrogens is 1. The van der Waals surface area contributed by atoms with Gasteiger partial charge in [0, 0.05) is 11.8 Å². The van der Waals surface area contributed by atoms with Crippen LogP contribution in [0.2, 0.25) is 0 Å². The molecule has 0 saturated heterocycles. The fourth-order valence-electron chi connectivity index (χ4n) is 1.60. The van der Waals surface area contributed by atoms with Crippen LogP contribution in [0.1, 0.15) is 15.9 Å². The Hall–Kier alpha value is -2.71. The molecule has 2 N–H and O–H groups in total. The molecule has 0 fully saturated rings. The van der Waals surface area contributed by atoms with Crippen molar-refractivity contribution in [2.75, 3.05) is 0 Å². The Balaban J connectivity index is 2.57. The SMILES string of the molecule is N#Cc1cccc(-c2ncccc2C(=O)ON)c1. The summed E-state index contributed by atoms with van der Waals surface area (Å²) in [5, 5.41) is 8.85. The number of nitriles is 1. The second kappa shape index (κ2) is 5.08. The molecule has 1 heterocycles. The van der Waals surface area contributed by atoms with Crippen LogP contribution in [-0.4, -0.2) is 11.0 Å². The third kappa shape index (κ3) is 2.19. The topological polar surface area (TPSA) is 89.0 Å². The predicted molar refractivity (Wildman–Crippen MR) is 64.0 cm³/mol. The van der Waals surface area contributed by atoms with Crippen molar-refractivity contribution in [1.82, 2.24) is 4.98 Å². The van der Waals surface area contributed by atoms with E-state index in [1.54, 1.807) is 42.6 Å². The molecule has 0 aliphatic carbocycles. The van der Waals surface area contributed by atoms with Crippen molar-refractivity contribution in [3.63, 3.8) is 0 Å². The monoisotopic (exact) mass is 239 g/mol. The number of nitrogens with zero attached hydrogens (tertiary/aromatic N) is 2. The summed E-state index contributed by atoms with van der Waals surface area (Å²) in [6.45, 7) is 0. The Labute approximate surface area is 103 Å². The average molecular weight is 239 g/mol. The van der Waals surface area contributed by atoms with Crippen LogP contribution in [0, 0.1) is 11.3 Å². The summed E-state index contributed by atoms with van der Waals surface area (Å²) < 4.78 is 0. The van der Waals surface area contributed by atoms with E-state index in [4.69, 9.17) is 11.2 Å². The zero-order chi connectivity index (χ0) is 13.0. The number of hydrogen-bond acceptors (Lipinski definition) is 5. The summed E-state index contributed by atoms with van der Waals surface area (Å²) in [7, 11) is 0. The first-order valence-electron chi connectivity index (χ1n) is 5.13. The minimum absolute atomic E-state index is 0.259. The molecule has 0 atom stereocenters. The van der Waals surface area contributed by atoms with Crippen molar-refractivity contribution < 1.29 is 9.63 Å². The van der Waals surface area contributed by atoms with Gasteiger partial charge in [0.1, 0.15) is 0 Å². The van der Waals surface area contributed by atoms with Gasteiger partial charge in [-0.15, -0.1) is 0 Å². The van der Waals surface area contributed by atoms with Gasteiger partial charge >= 0.3 is 5.97 Å². The van der Waals surface area contributed by atoms with Crippen molar-refractivity contribution in [2.24, 2.45) is 5.90 Å². The Kier molecular flexibility index (Phi) is 3.32. The van der Waals surface area contributed by atoms with Gasteiger partial charge in [-0.2, -0.15) is 11.2 Å². The largest absolute Gasteiger partial charge is 0.370 e. The van der Waals surface area contributed by atoms with Gasteiger partial charge in [0.2, 0.25) is 0 Å². The number of hydrogen-bond donors (Lipinski definition) is 1. The maximum Gasteiger partial charge on any atom is 0.358 e. The fraction of sp³-hybridized carbons (Fsp3) is 0. The molecule has 18 heavy (non-hydrogen) atoms. The van der Waals surface area contributed by atoms with Crippen LogP contribution in [0.25, 0.3) is 11.3 Å². The first-order chi connectivity index (χ1) is 8.76. The second-order valence-corrected chi connectivity index (χ2v) is 3.50. The van der Waals surface area contributed by atoms with E-state index in [1.807, 2.05) is 6.07 Å². The molecule has 1 aromatic carbocycles. The maximum atomic E-state index is 11.5. The van der Waals surface area contributed by atoms with E-state index >= 15 is 0 Å². The summed E-state index contributed by atoms with van der Waals surface area (Å²) >= 11 is 0. The van der Waals surface area contributed by atoms with Crippen LogP contribution in [0.3, 0.4) is 0 Å². The van der Waals surface area contributed by atoms with Gasteiger partial charge in [-0.1, -0.05) is 12.1 Å². The lowest BCUT2D eigenvalue weighted by atomic mass is 10.0. The number of nitrogens with two attached hydrogens (primary N) is 1. The summed E-state index contributed by atoms with van der Waals surface area (Å²) in [5.41, 5.74) is 1.85. The van der Waals surface area contributed by atoms with E-state index in [9.17, 15) is 4.79 Å². The zero-order valence-corrected chi connectivity index (χ0v) is 9.33. The molecule has 2 aromatic rings. The van der Waals surface area contributed by atoms with Gasteiger partial charge in [0.25, 0.3) is 0 Å². The van der Waals surface area contributed by atoms with E-state index in [-0.39, 0.29) is 5.56 Å². The standard InChI is InChI=1S/C13H9N3O2/c14-8-9-3-1-4-10(7-9)12-11(13(17)18-15)5-2-6-16-12/h1-7H,15H2. The Bertz CT molecular complexity index is 632. The molecule has 0 unspecified atom stereocenters. The molecule has 5 heteroatoms. The summed E-state index contributed by atoms with van der Waals surface area (Å²) in [5.74, 6) is 4.21. The van der Waals surface area contributed by atoms with Crippen LogP contribution in [0.5, 0.6) is 0 Å². The molecule has 0 aliphatic rings. The predicted octanol–water partition coefficient (Wildman–Crippen LogP) is 1.65. The Morgan fingerprint density at radius 1 is 1.33 bits per heavy atom. The van der Waals surface area contributed by atoms with Gasteiger partial charge < -0.3 is 4.84 Å². The molecule has 0 spiro atoms. The van der Waals surface area contributed by atoms with Crippen LogP contribution in [-0.2, 0) is 4.84 Å². The van der Waals surface area contributed by atoms with Gasteiger partial charge in [-0.05, 0) is 24.3 Å². The van der Waals surface area contributed by atoms with Crippen LogP contribution in [0.4, 0.5) is 0 Å². The molecule has 1 aromatic heterocycles. The highest BCUT2D eigenvalue weighted by molar-refractivity contribution is 5.95. The van der Waals surface area contributed by atoms with Crippen molar-refractivity contribution in [2.45, 2.75) is 0 Å². The quantitative estimate of drug-likeness (QED) is 0.805. The first kappa shape index (κ1) is 11.8. The third-order valence-corrected chi connectivity index (χ3v) is 2.40. The highest BCUT2D eigenvalue weighted by atomic mass is 16.7. The van der Waals surface area contributed by atoms with E-state index in [1.165, 1.54) is 0 Å². The van der Waals surface area contributed by atoms with Crippen molar-refractivity contribution in [3.05, 3.63) is 53.7 Å². The highest BCUT2D eigenvalue weighted by Gasteiger charge is 2.14. The summed E-state index contributed by atoms with van der Waals surface area (Å²) in [6.07, 6.45) is 1.56. The molecule has 5 nitrogen and oxygen atoms in total.